The molecule has 5 nitrogen and oxygen atoms in total. The maximum atomic E-state index is 12.0. The van der Waals surface area contributed by atoms with E-state index in [4.69, 9.17) is 4.74 Å². The van der Waals surface area contributed by atoms with Crippen LogP contribution in [0.15, 0.2) is 42.5 Å². The summed E-state index contributed by atoms with van der Waals surface area (Å²) in [6.07, 6.45) is 5.90. The highest BCUT2D eigenvalue weighted by Gasteiger charge is 2.46. The van der Waals surface area contributed by atoms with Gasteiger partial charge in [0.1, 0.15) is 11.6 Å². The van der Waals surface area contributed by atoms with Crippen LogP contribution in [-0.2, 0) is 20.7 Å². The van der Waals surface area contributed by atoms with Crippen molar-refractivity contribution in [3.63, 3.8) is 0 Å². The molecule has 0 spiro atoms. The first-order valence-electron chi connectivity index (χ1n) is 14.3. The zero-order valence-corrected chi connectivity index (χ0v) is 25.2. The average Bonchev–Trinajstić information content (AvgIpc) is 2.81. The lowest BCUT2D eigenvalue weighted by atomic mass is 9.54. The third-order valence-electron chi connectivity index (χ3n) is 8.18. The van der Waals surface area contributed by atoms with Gasteiger partial charge in [0.25, 0.3) is 0 Å². The van der Waals surface area contributed by atoms with Crippen LogP contribution in [0.2, 0.25) is 0 Å². The Hall–Kier alpha value is -2.47. The molecule has 2 fully saturated rings. The Balaban J connectivity index is 1.46. The lowest BCUT2D eigenvalue weighted by molar-refractivity contribution is -0.138. The largest absolute Gasteiger partial charge is 0.480 e. The molecule has 2 bridgehead atoms. The summed E-state index contributed by atoms with van der Waals surface area (Å²) in [6, 6.07) is 14.7. The number of thioether (sulfide) groups is 1. The molecular weight excluding hydrogens is 506 g/mol. The Morgan fingerprint density at radius 3 is 2.28 bits per heavy atom. The second-order valence-corrected chi connectivity index (χ2v) is 14.3. The minimum atomic E-state index is -1.06. The van der Waals surface area contributed by atoms with E-state index in [0.29, 0.717) is 5.75 Å². The first-order valence-corrected chi connectivity index (χ1v) is 15.5. The summed E-state index contributed by atoms with van der Waals surface area (Å²) in [5.41, 5.74) is 6.19. The van der Waals surface area contributed by atoms with Crippen molar-refractivity contribution in [2.45, 2.75) is 96.5 Å². The number of carboxylic acid groups (broad SMARTS) is 1. The summed E-state index contributed by atoms with van der Waals surface area (Å²) >= 11 is 1.49. The first-order chi connectivity index (χ1) is 18.3. The molecule has 6 heteroatoms. The molecule has 0 aliphatic heterocycles. The van der Waals surface area contributed by atoms with Crippen LogP contribution in [0.25, 0.3) is 11.1 Å². The number of aliphatic carboxylic acids is 1. The number of rotatable bonds is 8. The zero-order chi connectivity index (χ0) is 28.4. The van der Waals surface area contributed by atoms with E-state index in [-0.39, 0.29) is 11.2 Å². The highest BCUT2D eigenvalue weighted by Crippen LogP contribution is 2.55. The molecule has 4 rings (SSSR count). The van der Waals surface area contributed by atoms with E-state index in [0.717, 1.165) is 23.3 Å². The molecule has 3 unspecified atom stereocenters. The van der Waals surface area contributed by atoms with Gasteiger partial charge < -0.3 is 15.2 Å². The van der Waals surface area contributed by atoms with Crippen molar-refractivity contribution in [1.82, 2.24) is 5.32 Å². The molecule has 0 saturated heterocycles. The molecule has 2 saturated carbocycles. The van der Waals surface area contributed by atoms with Crippen molar-refractivity contribution in [2.75, 3.05) is 5.75 Å². The van der Waals surface area contributed by atoms with E-state index < -0.39 is 23.7 Å². The van der Waals surface area contributed by atoms with E-state index in [1.54, 1.807) is 20.8 Å². The smallest absolute Gasteiger partial charge is 0.408 e. The third-order valence-corrected chi connectivity index (χ3v) is 9.29. The van der Waals surface area contributed by atoms with Gasteiger partial charge in [0, 0.05) is 11.5 Å². The van der Waals surface area contributed by atoms with Gasteiger partial charge in [-0.15, -0.1) is 0 Å². The van der Waals surface area contributed by atoms with E-state index >= 15 is 0 Å². The lowest BCUT2D eigenvalue weighted by Gasteiger charge is -2.51. The van der Waals surface area contributed by atoms with Crippen LogP contribution in [0.4, 0.5) is 4.79 Å². The summed E-state index contributed by atoms with van der Waals surface area (Å²) < 4.78 is 5.21. The molecule has 0 heterocycles. The molecule has 212 valence electrons. The molecule has 3 atom stereocenters. The van der Waals surface area contributed by atoms with Crippen molar-refractivity contribution in [3.05, 3.63) is 59.2 Å². The highest BCUT2D eigenvalue weighted by molar-refractivity contribution is 7.98. The van der Waals surface area contributed by atoms with Crippen molar-refractivity contribution >= 4 is 23.8 Å². The van der Waals surface area contributed by atoms with Crippen LogP contribution in [0.1, 0.15) is 83.4 Å². The monoisotopic (exact) mass is 551 g/mol. The maximum Gasteiger partial charge on any atom is 0.408 e. The fourth-order valence-electron chi connectivity index (χ4n) is 7.08. The predicted octanol–water partition coefficient (Wildman–Crippen LogP) is 7.98. The van der Waals surface area contributed by atoms with E-state index in [2.05, 4.69) is 68.6 Å². The average molecular weight is 552 g/mol. The van der Waals surface area contributed by atoms with Gasteiger partial charge in [-0.25, -0.2) is 9.59 Å². The van der Waals surface area contributed by atoms with Crippen LogP contribution in [0.5, 0.6) is 0 Å². The number of ether oxygens (including phenoxy) is 1. The van der Waals surface area contributed by atoms with Crippen LogP contribution in [0, 0.1) is 24.7 Å². The van der Waals surface area contributed by atoms with E-state index in [9.17, 15) is 14.7 Å². The van der Waals surface area contributed by atoms with Crippen LogP contribution < -0.4 is 5.32 Å². The standard InChI is InChI=1S/C33H45NO4S/c1-21-7-12-27(28(15-21)33-16-22(2)13-25(18-33)14-23(3)17-33)26-10-8-24(9-11-26)19-39-20-29(30(35)36)34-31(37)38-32(4,5)6/h7-12,15,22-23,25,29H,13-14,16-20H2,1-6H3,(H,34,37)(H,35,36). The van der Waals surface area contributed by atoms with Gasteiger partial charge in [-0.05, 0) is 105 Å². The number of aryl methyl sites for hydroxylation is 1. The highest BCUT2D eigenvalue weighted by atomic mass is 32.2. The molecule has 2 aliphatic rings. The van der Waals surface area contributed by atoms with Crippen LogP contribution in [0.3, 0.4) is 0 Å². The van der Waals surface area contributed by atoms with Gasteiger partial charge in [0.15, 0.2) is 0 Å². The number of amides is 1. The van der Waals surface area contributed by atoms with Gasteiger partial charge in [-0.3, -0.25) is 0 Å². The topological polar surface area (TPSA) is 75.6 Å². The minimum absolute atomic E-state index is 0.262. The fraction of sp³-hybridized carbons (Fsp3) is 0.576. The molecule has 2 N–H and O–H groups in total. The zero-order valence-electron chi connectivity index (χ0n) is 24.4. The number of hydrogen-bond donors (Lipinski definition) is 2. The number of alkyl carbamates (subject to hydrolysis) is 1. The summed E-state index contributed by atoms with van der Waals surface area (Å²) in [5.74, 6) is 2.24. The first kappa shape index (κ1) is 29.5. The van der Waals surface area contributed by atoms with E-state index in [1.165, 1.54) is 66.1 Å². The van der Waals surface area contributed by atoms with Gasteiger partial charge in [0.05, 0.1) is 0 Å². The Morgan fingerprint density at radius 2 is 1.69 bits per heavy atom. The van der Waals surface area contributed by atoms with Crippen molar-refractivity contribution in [1.29, 1.82) is 0 Å². The number of nitrogens with one attached hydrogen (secondary N) is 1. The Labute approximate surface area is 238 Å². The predicted molar refractivity (Wildman–Crippen MR) is 160 cm³/mol. The van der Waals surface area contributed by atoms with Crippen molar-refractivity contribution in [2.24, 2.45) is 17.8 Å². The normalized spacial score (nSPS) is 25.5. The molecule has 0 radical (unpaired) electrons. The summed E-state index contributed by atoms with van der Waals surface area (Å²) in [7, 11) is 0. The quantitative estimate of drug-likeness (QED) is 0.348. The Kier molecular flexibility index (Phi) is 9.05. The summed E-state index contributed by atoms with van der Waals surface area (Å²) in [4.78, 5) is 23.7. The van der Waals surface area contributed by atoms with Crippen LogP contribution in [-0.4, -0.2) is 34.6 Å². The second kappa shape index (κ2) is 12.0. The third kappa shape index (κ3) is 7.59. The minimum Gasteiger partial charge on any atom is -0.480 e. The number of carbonyl (C=O) groups is 2. The molecule has 1 amide bonds. The number of fused-ring (bicyclic) bond motifs is 2. The van der Waals surface area contributed by atoms with Gasteiger partial charge in [-0.1, -0.05) is 61.9 Å². The molecule has 0 aromatic heterocycles. The summed E-state index contributed by atoms with van der Waals surface area (Å²) in [5, 5.41) is 12.0. The van der Waals surface area contributed by atoms with Gasteiger partial charge in [-0.2, -0.15) is 11.8 Å². The molecular formula is C33H45NO4S. The molecule has 2 aromatic carbocycles. The molecule has 39 heavy (non-hydrogen) atoms. The second-order valence-electron chi connectivity index (χ2n) is 13.2. The Morgan fingerprint density at radius 1 is 1.05 bits per heavy atom. The van der Waals surface area contributed by atoms with Gasteiger partial charge >= 0.3 is 12.1 Å². The fourth-order valence-corrected chi connectivity index (χ4v) is 8.09. The number of hydrogen-bond acceptors (Lipinski definition) is 4. The number of benzene rings is 2. The lowest BCUT2D eigenvalue weighted by Crippen LogP contribution is -2.44. The number of carboxylic acids is 1. The van der Waals surface area contributed by atoms with Crippen molar-refractivity contribution < 1.29 is 19.4 Å². The number of carbonyl (C=O) groups excluding carboxylic acids is 1. The Bertz CT molecular complexity index is 1150. The van der Waals surface area contributed by atoms with Crippen LogP contribution >= 0.6 is 11.8 Å². The molecule has 2 aromatic rings. The van der Waals surface area contributed by atoms with Crippen molar-refractivity contribution in [3.8, 4) is 11.1 Å². The maximum absolute atomic E-state index is 12.0. The SMILES string of the molecule is Cc1ccc(-c2ccc(CSCC(NC(=O)OC(C)(C)C)C(=O)O)cc2)c(C23CC(C)CC(CC(C)C2)C3)c1. The van der Waals surface area contributed by atoms with Gasteiger partial charge in [0.2, 0.25) is 0 Å². The summed E-state index contributed by atoms with van der Waals surface area (Å²) in [6.45, 7) is 12.3. The molecule has 2 aliphatic carbocycles. The van der Waals surface area contributed by atoms with E-state index in [1.807, 2.05) is 0 Å².